The maximum absolute atomic E-state index is 11.8. The minimum atomic E-state index is -5.08. The topological polar surface area (TPSA) is 119 Å². The second kappa shape index (κ2) is 10.5. The zero-order valence-electron chi connectivity index (χ0n) is 19.9. The molecule has 0 unspecified atom stereocenters. The molecular weight excluding hydrogens is 493 g/mol. The molecule has 1 fully saturated rings. The molecule has 0 spiro atoms. The molecule has 37 heavy (non-hydrogen) atoms. The number of carboxylic acid groups (broad SMARTS) is 1. The van der Waals surface area contributed by atoms with Gasteiger partial charge in [-0.05, 0) is 35.7 Å². The molecule has 1 amide bonds. The van der Waals surface area contributed by atoms with Crippen LogP contribution in [0.4, 0.5) is 24.7 Å². The molecule has 12 heteroatoms. The van der Waals surface area contributed by atoms with Gasteiger partial charge < -0.3 is 29.9 Å². The van der Waals surface area contributed by atoms with Gasteiger partial charge in [0.1, 0.15) is 5.75 Å². The van der Waals surface area contributed by atoms with Crippen molar-refractivity contribution in [3.63, 3.8) is 0 Å². The number of anilines is 2. The number of carboxylic acids is 1. The van der Waals surface area contributed by atoms with Crippen molar-refractivity contribution >= 4 is 23.4 Å². The number of alkyl halides is 3. The van der Waals surface area contributed by atoms with Gasteiger partial charge in [-0.1, -0.05) is 23.4 Å². The van der Waals surface area contributed by atoms with E-state index in [1.54, 1.807) is 11.8 Å². The molecule has 3 heterocycles. The van der Waals surface area contributed by atoms with Crippen LogP contribution in [0.1, 0.15) is 12.5 Å². The Bertz CT molecular complexity index is 1300. The van der Waals surface area contributed by atoms with Crippen LogP contribution in [0.2, 0.25) is 0 Å². The van der Waals surface area contributed by atoms with E-state index in [1.165, 1.54) is 0 Å². The first-order valence-electron chi connectivity index (χ1n) is 11.5. The smallest absolute Gasteiger partial charge is 0.490 e. The highest BCUT2D eigenvalue weighted by molar-refractivity contribution is 5.94. The fourth-order valence-electron chi connectivity index (χ4n) is 4.31. The van der Waals surface area contributed by atoms with Crippen molar-refractivity contribution < 1.29 is 37.5 Å². The molecule has 5 rings (SSSR count). The molecule has 0 aliphatic carbocycles. The first-order valence-corrected chi connectivity index (χ1v) is 11.5. The van der Waals surface area contributed by atoms with Gasteiger partial charge in [-0.15, -0.1) is 0 Å². The summed E-state index contributed by atoms with van der Waals surface area (Å²) in [6.07, 6.45) is -4.26. The average molecular weight is 518 g/mol. The first-order chi connectivity index (χ1) is 17.6. The van der Waals surface area contributed by atoms with Crippen molar-refractivity contribution in [2.45, 2.75) is 19.5 Å². The van der Waals surface area contributed by atoms with Gasteiger partial charge >= 0.3 is 12.1 Å². The second-order valence-corrected chi connectivity index (χ2v) is 8.56. The van der Waals surface area contributed by atoms with Crippen LogP contribution < -0.4 is 15.1 Å². The van der Waals surface area contributed by atoms with Crippen LogP contribution in [-0.2, 0) is 16.0 Å². The number of phenols is 1. The van der Waals surface area contributed by atoms with Gasteiger partial charge in [-0.25, -0.2) is 4.79 Å². The summed E-state index contributed by atoms with van der Waals surface area (Å²) in [6.45, 7) is 5.89. The summed E-state index contributed by atoms with van der Waals surface area (Å²) in [5.74, 6) is -1.20. The van der Waals surface area contributed by atoms with Crippen molar-refractivity contribution in [3.8, 4) is 28.2 Å². The Morgan fingerprint density at radius 1 is 1.05 bits per heavy atom. The van der Waals surface area contributed by atoms with E-state index in [9.17, 15) is 23.1 Å². The number of aromatic nitrogens is 1. The summed E-state index contributed by atoms with van der Waals surface area (Å²) in [7, 11) is 0. The number of halogens is 3. The molecule has 2 aromatic carbocycles. The number of para-hydroxylation sites is 1. The lowest BCUT2D eigenvalue weighted by Crippen LogP contribution is -2.43. The molecule has 9 nitrogen and oxygen atoms in total. The maximum Gasteiger partial charge on any atom is 0.490 e. The van der Waals surface area contributed by atoms with Crippen LogP contribution in [0, 0.1) is 0 Å². The number of carbonyl (C=O) groups is 2. The predicted octanol–water partition coefficient (Wildman–Crippen LogP) is 3.67. The van der Waals surface area contributed by atoms with E-state index < -0.39 is 12.1 Å². The van der Waals surface area contributed by atoms with E-state index in [0.29, 0.717) is 17.9 Å². The minimum absolute atomic E-state index is 0.0527. The van der Waals surface area contributed by atoms with Crippen LogP contribution >= 0.6 is 0 Å². The third kappa shape index (κ3) is 5.69. The standard InChI is InChI=1S/C23H24N4O3.C2HF3O2/c1-15(28)27-10-7-17-13-16(5-6-20(17)27)18-3-2-4-19(23(18)29)21-14-22(25-30-21)26-11-8-24-9-12-26;3-2(4,5)1(6)7/h2-6,13-14,24,29H,7-12H2,1H3;(H,6,7). The van der Waals surface area contributed by atoms with Crippen molar-refractivity contribution in [2.75, 3.05) is 42.5 Å². The van der Waals surface area contributed by atoms with E-state index in [-0.39, 0.29) is 11.7 Å². The second-order valence-electron chi connectivity index (χ2n) is 8.56. The Morgan fingerprint density at radius 2 is 1.73 bits per heavy atom. The van der Waals surface area contributed by atoms with Crippen LogP contribution in [0.5, 0.6) is 5.75 Å². The van der Waals surface area contributed by atoms with E-state index in [4.69, 9.17) is 14.4 Å². The number of benzene rings is 2. The molecule has 1 aromatic heterocycles. The summed E-state index contributed by atoms with van der Waals surface area (Å²) >= 11 is 0. The average Bonchev–Trinajstić information content (AvgIpc) is 3.52. The summed E-state index contributed by atoms with van der Waals surface area (Å²) in [5.41, 5.74) is 4.34. The number of nitrogens with zero attached hydrogens (tertiary/aromatic N) is 3. The molecular formula is C25H25F3N4O5. The molecule has 3 N–H and O–H groups in total. The number of aliphatic carboxylic acids is 1. The largest absolute Gasteiger partial charge is 0.507 e. The van der Waals surface area contributed by atoms with Crippen LogP contribution in [0.25, 0.3) is 22.5 Å². The maximum atomic E-state index is 11.8. The molecule has 2 aliphatic heterocycles. The van der Waals surface area contributed by atoms with Gasteiger partial charge in [0.25, 0.3) is 0 Å². The van der Waals surface area contributed by atoms with Crippen molar-refractivity contribution in [3.05, 3.63) is 48.0 Å². The first kappa shape index (κ1) is 26.0. The Kier molecular flexibility index (Phi) is 7.39. The molecule has 0 radical (unpaired) electrons. The lowest BCUT2D eigenvalue weighted by molar-refractivity contribution is -0.192. The van der Waals surface area contributed by atoms with E-state index in [1.807, 2.05) is 36.4 Å². The fourth-order valence-corrected chi connectivity index (χ4v) is 4.31. The molecule has 196 valence electrons. The normalized spacial score (nSPS) is 15.1. The van der Waals surface area contributed by atoms with E-state index >= 15 is 0 Å². The Morgan fingerprint density at radius 3 is 2.38 bits per heavy atom. The number of piperazine rings is 1. The third-order valence-electron chi connectivity index (χ3n) is 6.15. The highest BCUT2D eigenvalue weighted by Gasteiger charge is 2.38. The summed E-state index contributed by atoms with van der Waals surface area (Å²) in [4.78, 5) is 24.7. The van der Waals surface area contributed by atoms with Gasteiger partial charge in [0.05, 0.1) is 5.56 Å². The van der Waals surface area contributed by atoms with Crippen molar-refractivity contribution in [1.82, 2.24) is 10.5 Å². The number of phenolic OH excluding ortho intramolecular Hbond substituents is 1. The minimum Gasteiger partial charge on any atom is -0.507 e. The van der Waals surface area contributed by atoms with Gasteiger partial charge in [-0.2, -0.15) is 13.2 Å². The summed E-state index contributed by atoms with van der Waals surface area (Å²) < 4.78 is 37.3. The van der Waals surface area contributed by atoms with Gasteiger partial charge in [0.15, 0.2) is 11.6 Å². The quantitative estimate of drug-likeness (QED) is 0.481. The Hall–Kier alpha value is -4.06. The van der Waals surface area contributed by atoms with E-state index in [2.05, 4.69) is 21.4 Å². The number of carbonyl (C=O) groups excluding carboxylic acids is 1. The zero-order chi connectivity index (χ0) is 26.7. The molecule has 1 saturated heterocycles. The number of nitrogens with one attached hydrogen (secondary N) is 1. The Labute approximate surface area is 210 Å². The fraction of sp³-hybridized carbons (Fsp3) is 0.320. The van der Waals surface area contributed by atoms with Gasteiger partial charge in [0.2, 0.25) is 5.91 Å². The summed E-state index contributed by atoms with van der Waals surface area (Å²) in [6, 6.07) is 13.5. The molecule has 2 aliphatic rings. The monoisotopic (exact) mass is 518 g/mol. The third-order valence-corrected chi connectivity index (χ3v) is 6.15. The van der Waals surface area contributed by atoms with Crippen molar-refractivity contribution in [1.29, 1.82) is 0 Å². The zero-order valence-corrected chi connectivity index (χ0v) is 19.9. The van der Waals surface area contributed by atoms with Gasteiger partial charge in [-0.3, -0.25) is 4.79 Å². The Balaban J connectivity index is 0.000000405. The van der Waals surface area contributed by atoms with Crippen LogP contribution in [-0.4, -0.2) is 66.1 Å². The number of rotatable bonds is 3. The van der Waals surface area contributed by atoms with Crippen molar-refractivity contribution in [2.24, 2.45) is 0 Å². The number of hydrogen-bond acceptors (Lipinski definition) is 7. The molecule has 0 atom stereocenters. The highest BCUT2D eigenvalue weighted by atomic mass is 19.4. The lowest BCUT2D eigenvalue weighted by atomic mass is 9.98. The highest BCUT2D eigenvalue weighted by Crippen LogP contribution is 2.41. The van der Waals surface area contributed by atoms with E-state index in [0.717, 1.165) is 60.8 Å². The van der Waals surface area contributed by atoms with Crippen LogP contribution in [0.15, 0.2) is 47.0 Å². The number of fused-ring (bicyclic) bond motifs is 1. The lowest BCUT2D eigenvalue weighted by Gasteiger charge is -2.26. The summed E-state index contributed by atoms with van der Waals surface area (Å²) in [5, 5.41) is 25.7. The molecule has 0 bridgehead atoms. The molecule has 0 saturated carbocycles. The molecule has 3 aromatic rings. The number of aromatic hydroxyl groups is 1. The number of hydrogen-bond donors (Lipinski definition) is 3. The predicted molar refractivity (Wildman–Crippen MR) is 130 cm³/mol. The SMILES string of the molecule is CC(=O)N1CCc2cc(-c3cccc(-c4cc(N5CCNCC5)no4)c3O)ccc21.O=C(O)C(F)(F)F. The van der Waals surface area contributed by atoms with Crippen LogP contribution in [0.3, 0.4) is 0 Å². The van der Waals surface area contributed by atoms with Gasteiger partial charge in [0, 0.05) is 57.0 Å². The number of amides is 1.